The molecule has 51 heavy (non-hydrogen) atoms. The van der Waals surface area contributed by atoms with Gasteiger partial charge < -0.3 is 29.7 Å². The Kier molecular flexibility index (Phi) is 11.1. The lowest BCUT2D eigenvalue weighted by Crippen LogP contribution is -2.60. The highest BCUT2D eigenvalue weighted by Crippen LogP contribution is 2.45. The molecule has 16 nitrogen and oxygen atoms in total. The fourth-order valence-electron chi connectivity index (χ4n) is 5.80. The Morgan fingerprint density at radius 3 is 2.22 bits per heavy atom. The maximum absolute atomic E-state index is 14.3. The van der Waals surface area contributed by atoms with Crippen LogP contribution in [0.25, 0.3) is 0 Å². The summed E-state index contributed by atoms with van der Waals surface area (Å²) in [6.07, 6.45) is -0.796. The Hall–Kier alpha value is -4.67. The number of alkyl carbamates (subject to hydrolysis) is 1. The number of sulfonamides is 1. The van der Waals surface area contributed by atoms with E-state index in [1.54, 1.807) is 53.7 Å². The molecular formula is C34H47N5O11S. The Morgan fingerprint density at radius 1 is 1.02 bits per heavy atom. The first kappa shape index (κ1) is 39.1. The zero-order valence-electron chi connectivity index (χ0n) is 29.9. The van der Waals surface area contributed by atoms with Crippen LogP contribution in [0, 0.1) is 11.3 Å². The second kappa shape index (κ2) is 14.5. The van der Waals surface area contributed by atoms with Crippen molar-refractivity contribution < 1.29 is 51.4 Å². The van der Waals surface area contributed by atoms with Crippen LogP contribution < -0.4 is 20.7 Å². The van der Waals surface area contributed by atoms with E-state index < -0.39 is 91.8 Å². The van der Waals surface area contributed by atoms with Gasteiger partial charge in [-0.3, -0.25) is 24.4 Å². The van der Waals surface area contributed by atoms with Crippen molar-refractivity contribution in [2.24, 2.45) is 11.3 Å². The standard InChI is InChI=1S/C34H47N5O11S/c1-9-19-17-34(19,29(43)38-51(46,47)21-14-15-21)37-26(40)24-16-20(49-30(44)35-23-13-11-10-12-22(23)28(42)48-8)18-39(24)27(41)25(32(2,3)4)36-31(45)50-33(5,6)7/h9-13,19-21,24-25H,1,14-18H2,2-8H3,(H,35,44)(H,36,45)(H,37,40)(H,38,43)/t19?,20-,24+,25-,34?/m1/s1. The molecule has 0 bridgehead atoms. The van der Waals surface area contributed by atoms with E-state index in [0.29, 0.717) is 12.8 Å². The quantitative estimate of drug-likeness (QED) is 0.147. The number of para-hydroxylation sites is 1. The lowest BCUT2D eigenvalue weighted by atomic mass is 9.85. The van der Waals surface area contributed by atoms with E-state index in [1.807, 2.05) is 0 Å². The van der Waals surface area contributed by atoms with Gasteiger partial charge in [-0.15, -0.1) is 6.58 Å². The minimum Gasteiger partial charge on any atom is -0.465 e. The molecule has 1 saturated heterocycles. The van der Waals surface area contributed by atoms with Crippen molar-refractivity contribution in [1.82, 2.24) is 20.3 Å². The van der Waals surface area contributed by atoms with Gasteiger partial charge in [0.05, 0.1) is 30.2 Å². The number of esters is 1. The number of hydrogen-bond acceptors (Lipinski definition) is 11. The largest absolute Gasteiger partial charge is 0.465 e. The lowest BCUT2D eigenvalue weighted by Gasteiger charge is -2.36. The molecule has 5 amide bonds. The molecule has 3 fully saturated rings. The van der Waals surface area contributed by atoms with E-state index in [9.17, 15) is 37.2 Å². The van der Waals surface area contributed by atoms with Gasteiger partial charge >= 0.3 is 18.2 Å². The van der Waals surface area contributed by atoms with Crippen molar-refractivity contribution in [3.63, 3.8) is 0 Å². The van der Waals surface area contributed by atoms with Crippen molar-refractivity contribution in [2.45, 2.75) is 102 Å². The van der Waals surface area contributed by atoms with Crippen molar-refractivity contribution in [2.75, 3.05) is 19.0 Å². The molecule has 0 aromatic heterocycles. The summed E-state index contributed by atoms with van der Waals surface area (Å²) in [6.45, 7) is 13.5. The summed E-state index contributed by atoms with van der Waals surface area (Å²) in [5.41, 5.74) is -3.25. The molecule has 3 aliphatic rings. The fourth-order valence-corrected chi connectivity index (χ4v) is 7.17. The van der Waals surface area contributed by atoms with Gasteiger partial charge in [0, 0.05) is 12.3 Å². The number of amides is 5. The highest BCUT2D eigenvalue weighted by molar-refractivity contribution is 7.91. The summed E-state index contributed by atoms with van der Waals surface area (Å²) >= 11 is 0. The summed E-state index contributed by atoms with van der Waals surface area (Å²) < 4.78 is 43.1. The van der Waals surface area contributed by atoms with Gasteiger partial charge in [-0.25, -0.2) is 22.8 Å². The third-order valence-corrected chi connectivity index (χ3v) is 10.5. The van der Waals surface area contributed by atoms with Crippen LogP contribution in [0.2, 0.25) is 0 Å². The third kappa shape index (κ3) is 9.36. The molecule has 4 rings (SSSR count). The maximum atomic E-state index is 14.3. The number of anilines is 1. The van der Waals surface area contributed by atoms with E-state index in [1.165, 1.54) is 25.3 Å². The number of methoxy groups -OCH3 is 1. The van der Waals surface area contributed by atoms with Crippen LogP contribution in [0.5, 0.6) is 0 Å². The number of nitrogens with one attached hydrogen (secondary N) is 4. The number of rotatable bonds is 11. The molecule has 0 radical (unpaired) electrons. The predicted octanol–water partition coefficient (Wildman–Crippen LogP) is 2.60. The molecule has 1 aromatic carbocycles. The van der Waals surface area contributed by atoms with Crippen LogP contribution in [0.1, 0.15) is 77.6 Å². The molecule has 4 N–H and O–H groups in total. The van der Waals surface area contributed by atoms with Crippen LogP contribution in [0.3, 0.4) is 0 Å². The summed E-state index contributed by atoms with van der Waals surface area (Å²) in [7, 11) is -2.76. The van der Waals surface area contributed by atoms with Crippen molar-refractivity contribution >= 4 is 51.6 Å². The van der Waals surface area contributed by atoms with Gasteiger partial charge in [0.25, 0.3) is 5.91 Å². The smallest absolute Gasteiger partial charge is 0.411 e. The Morgan fingerprint density at radius 2 is 1.67 bits per heavy atom. The van der Waals surface area contributed by atoms with Gasteiger partial charge in [-0.05, 0) is 57.6 Å². The number of likely N-dealkylation sites (tertiary alicyclic amines) is 1. The highest BCUT2D eigenvalue weighted by atomic mass is 32.2. The first-order valence-corrected chi connectivity index (χ1v) is 18.1. The fraction of sp³-hybridized carbons (Fsp3) is 0.588. The van der Waals surface area contributed by atoms with Crippen molar-refractivity contribution in [1.29, 1.82) is 0 Å². The van der Waals surface area contributed by atoms with E-state index in [2.05, 4.69) is 27.3 Å². The van der Waals surface area contributed by atoms with Crippen LogP contribution in [0.4, 0.5) is 15.3 Å². The number of hydrogen-bond donors (Lipinski definition) is 4. The van der Waals surface area contributed by atoms with Crippen LogP contribution in [0.15, 0.2) is 36.9 Å². The maximum Gasteiger partial charge on any atom is 0.411 e. The molecule has 2 aliphatic carbocycles. The van der Waals surface area contributed by atoms with E-state index in [-0.39, 0.29) is 30.6 Å². The second-order valence-electron chi connectivity index (χ2n) is 15.1. The predicted molar refractivity (Wildman–Crippen MR) is 184 cm³/mol. The van der Waals surface area contributed by atoms with Gasteiger partial charge in [0.1, 0.15) is 29.3 Å². The first-order chi connectivity index (χ1) is 23.6. The Balaban J connectivity index is 1.60. The van der Waals surface area contributed by atoms with Gasteiger partial charge in [0.2, 0.25) is 21.8 Å². The lowest BCUT2D eigenvalue weighted by molar-refractivity contribution is -0.143. The van der Waals surface area contributed by atoms with E-state index in [0.717, 1.165) is 4.90 Å². The Bertz CT molecular complexity index is 1700. The van der Waals surface area contributed by atoms with Crippen LogP contribution in [-0.2, 0) is 38.6 Å². The number of ether oxygens (including phenoxy) is 3. The minimum absolute atomic E-state index is 0.0622. The molecule has 1 heterocycles. The Labute approximate surface area is 297 Å². The molecule has 17 heteroatoms. The summed E-state index contributed by atoms with van der Waals surface area (Å²) in [5, 5.41) is 7.07. The van der Waals surface area contributed by atoms with Crippen molar-refractivity contribution in [3.05, 3.63) is 42.5 Å². The first-order valence-electron chi connectivity index (χ1n) is 16.6. The second-order valence-corrected chi connectivity index (χ2v) is 17.0. The number of nitrogens with zero attached hydrogens (tertiary/aromatic N) is 1. The minimum atomic E-state index is -3.95. The third-order valence-electron chi connectivity index (χ3n) is 8.71. The number of benzene rings is 1. The molecule has 1 aliphatic heterocycles. The number of carbonyl (C=O) groups excluding carboxylic acids is 6. The summed E-state index contributed by atoms with van der Waals surface area (Å²) in [5.74, 6) is -3.71. The van der Waals surface area contributed by atoms with Crippen LogP contribution in [-0.4, -0.2) is 97.4 Å². The summed E-state index contributed by atoms with van der Waals surface area (Å²) in [4.78, 5) is 81.0. The average molecular weight is 734 g/mol. The van der Waals surface area contributed by atoms with E-state index >= 15 is 0 Å². The van der Waals surface area contributed by atoms with E-state index in [4.69, 9.17) is 14.2 Å². The van der Waals surface area contributed by atoms with Crippen LogP contribution >= 0.6 is 0 Å². The normalized spacial score (nSPS) is 23.6. The zero-order valence-corrected chi connectivity index (χ0v) is 30.7. The van der Waals surface area contributed by atoms with Gasteiger partial charge in [0.15, 0.2) is 0 Å². The molecule has 0 spiro atoms. The topological polar surface area (TPSA) is 216 Å². The monoisotopic (exact) mass is 733 g/mol. The van der Waals surface area contributed by atoms with Crippen molar-refractivity contribution in [3.8, 4) is 0 Å². The van der Waals surface area contributed by atoms with Gasteiger partial charge in [-0.2, -0.15) is 0 Å². The van der Waals surface area contributed by atoms with Gasteiger partial charge in [-0.1, -0.05) is 39.0 Å². The molecule has 2 unspecified atom stereocenters. The molecule has 1 aromatic rings. The molecule has 2 saturated carbocycles. The highest BCUT2D eigenvalue weighted by Gasteiger charge is 2.62. The molecule has 280 valence electrons. The SMILES string of the molecule is C=CC1CC1(NC(=O)[C@@H]1C[C@@H](OC(=O)Nc2ccccc2C(=O)OC)CN1C(=O)[C@@H](NC(=O)OC(C)(C)C)C(C)(C)C)C(=O)NS(=O)(=O)C1CC1. The average Bonchev–Trinajstić information content (AvgIpc) is 3.95. The molecule has 5 atom stereocenters. The summed E-state index contributed by atoms with van der Waals surface area (Å²) in [6, 6.07) is 3.53. The molecular weight excluding hydrogens is 686 g/mol. The zero-order chi connectivity index (χ0) is 38.1. The number of carbonyl (C=O) groups is 6.